The molecule has 0 aliphatic carbocycles. The third-order valence-corrected chi connectivity index (χ3v) is 11.0. The van der Waals surface area contributed by atoms with Crippen LogP contribution in [0, 0.1) is 0 Å². The van der Waals surface area contributed by atoms with Gasteiger partial charge in [-0.2, -0.15) is 0 Å². The Morgan fingerprint density at radius 3 is 1.30 bits per heavy atom. The minimum absolute atomic E-state index is 0.0413. The number of thioether (sulfide) groups is 2. The number of carbonyl (C=O) groups is 11. The van der Waals surface area contributed by atoms with Crippen molar-refractivity contribution in [2.75, 3.05) is 31.3 Å². The van der Waals surface area contributed by atoms with E-state index in [1.165, 1.54) is 0 Å². The molecule has 11 atom stereocenters. The summed E-state index contributed by atoms with van der Waals surface area (Å²) in [5.41, 5.74) is -2.72. The van der Waals surface area contributed by atoms with Crippen LogP contribution in [0.15, 0.2) is 0 Å². The topological polar surface area (TPSA) is 324 Å². The lowest BCUT2D eigenvalue weighted by Crippen LogP contribution is -2.61. The quantitative estimate of drug-likeness (QED) is 0.0627. The van der Waals surface area contributed by atoms with Gasteiger partial charge in [-0.1, -0.05) is 0 Å². The van der Waals surface area contributed by atoms with Gasteiger partial charge in [0.1, 0.15) is 42.3 Å². The number of carboxylic acids is 1. The molecule has 3 N–H and O–H groups in total. The van der Waals surface area contributed by atoms with Crippen LogP contribution >= 0.6 is 23.5 Å². The van der Waals surface area contributed by atoms with Crippen LogP contribution in [0.5, 0.6) is 0 Å². The number of carbonyl (C=O) groups excluding carboxylic acids is 10. The number of ether oxygens (including phenoxy) is 10. The highest BCUT2D eigenvalue weighted by Crippen LogP contribution is 2.36. The third-order valence-electron chi connectivity index (χ3n) is 8.70. The molecule has 2 aliphatic rings. The summed E-state index contributed by atoms with van der Waals surface area (Å²) in [5, 5.41) is 14.8. The second kappa shape index (κ2) is 28.7. The highest BCUT2D eigenvalue weighted by atomic mass is 32.2. The zero-order chi connectivity index (χ0) is 55.3. The molecule has 2 heterocycles. The van der Waals surface area contributed by atoms with Crippen LogP contribution in [0.25, 0.3) is 0 Å². The highest BCUT2D eigenvalue weighted by molar-refractivity contribution is 8.00. The number of amides is 2. The van der Waals surface area contributed by atoms with Gasteiger partial charge in [-0.25, -0.2) is 4.79 Å². The van der Waals surface area contributed by atoms with Gasteiger partial charge in [0.05, 0.1) is 0 Å². The number of hydrogen-bond donors (Lipinski definition) is 3. The van der Waals surface area contributed by atoms with Crippen molar-refractivity contribution in [3.05, 3.63) is 0 Å². The Labute approximate surface area is 399 Å². The van der Waals surface area contributed by atoms with Crippen molar-refractivity contribution in [2.24, 2.45) is 0 Å². The summed E-state index contributed by atoms with van der Waals surface area (Å²) < 4.78 is 113. The molecule has 0 aromatic heterocycles. The Bertz CT molecular complexity index is 1920. The van der Waals surface area contributed by atoms with Gasteiger partial charge in [-0.15, -0.1) is 23.5 Å². The fraction of sp³-hybridized carbons (Fsp3) is 0.725. The lowest BCUT2D eigenvalue weighted by Gasteiger charge is -2.44. The number of hydrogen-bond acceptors (Lipinski definition) is 23. The summed E-state index contributed by atoms with van der Waals surface area (Å²) >= 11 is 1.63. The van der Waals surface area contributed by atoms with Gasteiger partial charge in [0.15, 0.2) is 36.6 Å². The number of esters is 8. The van der Waals surface area contributed by atoms with E-state index in [0.717, 1.165) is 23.5 Å². The maximum atomic E-state index is 13.0. The number of nitrogens with one attached hydrogen (secondary N) is 2. The molecular formula is C40H58N2O22S2. The van der Waals surface area contributed by atoms with Crippen molar-refractivity contribution in [1.82, 2.24) is 10.6 Å². The van der Waals surface area contributed by atoms with Crippen LogP contribution in [0.3, 0.4) is 0 Å². The van der Waals surface area contributed by atoms with Crippen molar-refractivity contribution in [3.8, 4) is 0 Å². The average molecular weight is 991 g/mol. The van der Waals surface area contributed by atoms with Gasteiger partial charge in [-0.3, -0.25) is 47.9 Å². The maximum Gasteiger partial charge on any atom is 0.326 e. The van der Waals surface area contributed by atoms with Crippen LogP contribution in [-0.4, -0.2) is 168 Å². The molecule has 2 unspecified atom stereocenters. The lowest BCUT2D eigenvalue weighted by molar-refractivity contribution is -0.237. The van der Waals surface area contributed by atoms with Crippen LogP contribution in [0.1, 0.15) is 98.3 Å². The molecule has 0 spiro atoms. The van der Waals surface area contributed by atoms with E-state index in [-0.39, 0.29) is 50.2 Å². The Kier molecular flexibility index (Phi) is 19.4. The fourth-order valence-corrected chi connectivity index (χ4v) is 8.52. The zero-order valence-electron chi connectivity index (χ0n) is 43.4. The molecule has 2 aliphatic heterocycles. The van der Waals surface area contributed by atoms with Crippen LogP contribution < -0.4 is 10.6 Å². The van der Waals surface area contributed by atoms with Crippen molar-refractivity contribution >= 4 is 89.1 Å². The van der Waals surface area contributed by atoms with Gasteiger partial charge >= 0.3 is 53.7 Å². The molecule has 0 aromatic carbocycles. The number of unbranched alkanes of at least 4 members (excludes halogenated alkanes) is 1. The lowest BCUT2D eigenvalue weighted by atomic mass is 9.99. The SMILES string of the molecule is [2H]CC(=O)OC[C@H]1OC(SCCC(=O)NCCCC[C@@H](NC(=O)CCSC2O[C@H](COC(=O)C[2H])[C@@H](OC(=O)C[2H])[C@H](OC(=O)C[2H])[C@@H]2OC(=O)C[2H])C(=O)O)[C@@H](OC(=O)C[2H])[C@@H](OC(=O)C[2H])[C@@H]1OC(=O)C[2H]. The number of aliphatic carboxylic acids is 1. The molecule has 66 heavy (non-hydrogen) atoms. The van der Waals surface area contributed by atoms with E-state index in [4.69, 9.17) is 58.3 Å². The predicted octanol–water partition coefficient (Wildman–Crippen LogP) is 0.255. The van der Waals surface area contributed by atoms with E-state index >= 15 is 0 Å². The highest BCUT2D eigenvalue weighted by Gasteiger charge is 2.53. The fourth-order valence-electron chi connectivity index (χ4n) is 6.21. The minimum Gasteiger partial charge on any atom is -0.480 e. The van der Waals surface area contributed by atoms with Gasteiger partial charge in [0, 0.05) is 97.1 Å². The molecule has 0 saturated carbocycles. The Morgan fingerprint density at radius 1 is 0.530 bits per heavy atom. The average Bonchev–Trinajstić information content (AvgIpc) is 3.38. The van der Waals surface area contributed by atoms with E-state index in [0.29, 0.717) is 0 Å². The van der Waals surface area contributed by atoms with Crippen molar-refractivity contribution in [2.45, 2.75) is 153 Å². The first-order valence-electron chi connectivity index (χ1n) is 25.1. The summed E-state index contributed by atoms with van der Waals surface area (Å²) in [6.07, 6.45) is -13.3. The van der Waals surface area contributed by atoms with Crippen molar-refractivity contribution in [1.29, 1.82) is 0 Å². The summed E-state index contributed by atoms with van der Waals surface area (Å²) in [6, 6.07) is -1.40. The van der Waals surface area contributed by atoms with E-state index in [2.05, 4.69) is 10.6 Å². The Morgan fingerprint density at radius 2 is 0.909 bits per heavy atom. The van der Waals surface area contributed by atoms with Gasteiger partial charge in [0.25, 0.3) is 0 Å². The number of carboxylic acid groups (broad SMARTS) is 1. The molecule has 0 aromatic rings. The first-order valence-corrected chi connectivity index (χ1v) is 21.5. The molecule has 2 rings (SSSR count). The zero-order valence-corrected chi connectivity index (χ0v) is 37.0. The van der Waals surface area contributed by atoms with Crippen LogP contribution in [0.2, 0.25) is 0 Å². The standard InChI is InChI=1S/C40H58N2O22S2/c1-19(43)55-17-28-32(57-21(3)45)34(59-23(5)47)36(61-25(7)49)39(63-28)65-15-12-30(51)41-14-10-9-11-27(38(53)54)42-31(52)13-16-66-40-37(62-26(8)50)35(60-24(6)48)33(58-22(4)46)29(64-40)18-56-20(2)44/h27-29,32-37,39-40H,9-18H2,1-8H3,(H,41,51)(H,42,52)(H,53,54)/t27-,28-,29-,32-,33-,34+,35+,36+,37+,39?,40?/m1/s1/i1D,2D,3D,4D,5D,6D,7D,8D. The first-order chi connectivity index (χ1) is 35.3. The molecule has 0 radical (unpaired) electrons. The van der Waals surface area contributed by atoms with Crippen molar-refractivity contribution < 1.29 is 116 Å². The third kappa shape index (κ3) is 21.0. The Hall–Kier alpha value is -5.21. The van der Waals surface area contributed by atoms with Crippen LogP contribution in [0.4, 0.5) is 0 Å². The van der Waals surface area contributed by atoms with Gasteiger partial charge in [-0.05, 0) is 19.3 Å². The Balaban J connectivity index is 2.06. The normalized spacial score (nSPS) is 26.6. The second-order valence-electron chi connectivity index (χ2n) is 13.7. The molecular weight excluding hydrogens is 925 g/mol. The summed E-state index contributed by atoms with van der Waals surface area (Å²) in [5.74, 6) is -11.9. The van der Waals surface area contributed by atoms with E-state index in [1.807, 2.05) is 0 Å². The largest absolute Gasteiger partial charge is 0.480 e. The molecule has 26 heteroatoms. The van der Waals surface area contributed by atoms with Crippen LogP contribution in [-0.2, 0) is 100 Å². The molecule has 2 amide bonds. The molecule has 2 saturated heterocycles. The molecule has 372 valence electrons. The predicted molar refractivity (Wildman–Crippen MR) is 224 cm³/mol. The van der Waals surface area contributed by atoms with E-state index in [9.17, 15) is 57.8 Å². The second-order valence-corrected chi connectivity index (χ2v) is 16.1. The van der Waals surface area contributed by atoms with Gasteiger partial charge in [0.2, 0.25) is 11.8 Å². The summed E-state index contributed by atoms with van der Waals surface area (Å²) in [7, 11) is 0. The monoisotopic (exact) mass is 990 g/mol. The number of rotatable bonds is 25. The smallest absolute Gasteiger partial charge is 0.326 e. The first kappa shape index (κ1) is 44.6. The summed E-state index contributed by atoms with van der Waals surface area (Å²) in [4.78, 5) is 135. The maximum absolute atomic E-state index is 13.0. The molecule has 2 fully saturated rings. The molecule has 24 nitrogen and oxygen atoms in total. The van der Waals surface area contributed by atoms with Gasteiger partial charge < -0.3 is 63.1 Å². The minimum atomic E-state index is -1.74. The summed E-state index contributed by atoms with van der Waals surface area (Å²) in [6.45, 7) is -8.49. The van der Waals surface area contributed by atoms with Crippen molar-refractivity contribution in [3.63, 3.8) is 0 Å². The molecule has 0 bridgehead atoms. The van der Waals surface area contributed by atoms with E-state index in [1.54, 1.807) is 0 Å². The van der Waals surface area contributed by atoms with E-state index < -0.39 is 200 Å².